The van der Waals surface area contributed by atoms with E-state index in [1.165, 1.54) is 4.88 Å². The SMILES string of the molecule is C1=NSC(c2cccs2)C1. The molecule has 2 rings (SSSR count). The van der Waals surface area contributed by atoms with Crippen molar-refractivity contribution < 1.29 is 0 Å². The van der Waals surface area contributed by atoms with E-state index in [4.69, 9.17) is 0 Å². The molecule has 52 valence electrons. The molecule has 10 heavy (non-hydrogen) atoms. The average Bonchev–Trinajstić information content (AvgIpc) is 2.59. The van der Waals surface area contributed by atoms with Gasteiger partial charge < -0.3 is 0 Å². The van der Waals surface area contributed by atoms with Gasteiger partial charge in [-0.25, -0.2) is 4.40 Å². The van der Waals surface area contributed by atoms with E-state index in [2.05, 4.69) is 21.9 Å². The van der Waals surface area contributed by atoms with Crippen LogP contribution in [0, 0.1) is 0 Å². The zero-order chi connectivity index (χ0) is 6.81. The van der Waals surface area contributed by atoms with E-state index >= 15 is 0 Å². The predicted molar refractivity (Wildman–Crippen MR) is 47.8 cm³/mol. The van der Waals surface area contributed by atoms with Crippen LogP contribution in [0.1, 0.15) is 16.5 Å². The van der Waals surface area contributed by atoms with Crippen LogP contribution in [-0.4, -0.2) is 6.21 Å². The van der Waals surface area contributed by atoms with Gasteiger partial charge in [-0.05, 0) is 23.4 Å². The molecule has 1 unspecified atom stereocenters. The minimum atomic E-state index is 0.611. The summed E-state index contributed by atoms with van der Waals surface area (Å²) in [6.07, 6.45) is 3.10. The fourth-order valence-corrected chi connectivity index (χ4v) is 2.63. The highest BCUT2D eigenvalue weighted by molar-refractivity contribution is 7.98. The molecule has 1 aromatic heterocycles. The molecule has 1 aliphatic rings. The third-order valence-corrected chi connectivity index (χ3v) is 3.55. The van der Waals surface area contributed by atoms with Gasteiger partial charge in [0.1, 0.15) is 0 Å². The molecule has 1 atom stereocenters. The fourth-order valence-electron chi connectivity index (χ4n) is 0.941. The van der Waals surface area contributed by atoms with Crippen molar-refractivity contribution in [3.8, 4) is 0 Å². The summed E-state index contributed by atoms with van der Waals surface area (Å²) in [4.78, 5) is 1.45. The lowest BCUT2D eigenvalue weighted by molar-refractivity contribution is 1.07. The van der Waals surface area contributed by atoms with E-state index in [1.807, 2.05) is 17.6 Å². The summed E-state index contributed by atoms with van der Waals surface area (Å²) in [5, 5.41) is 2.73. The maximum absolute atomic E-state index is 4.12. The van der Waals surface area contributed by atoms with E-state index in [0.717, 1.165) is 6.42 Å². The molecule has 2 heterocycles. The van der Waals surface area contributed by atoms with E-state index < -0.39 is 0 Å². The van der Waals surface area contributed by atoms with Gasteiger partial charge in [0.2, 0.25) is 0 Å². The summed E-state index contributed by atoms with van der Waals surface area (Å²) >= 11 is 3.50. The van der Waals surface area contributed by atoms with Crippen LogP contribution in [-0.2, 0) is 0 Å². The third kappa shape index (κ3) is 1.11. The molecule has 0 saturated heterocycles. The number of hydrogen-bond acceptors (Lipinski definition) is 3. The lowest BCUT2D eigenvalue weighted by atomic mass is 10.3. The molecule has 1 nitrogen and oxygen atoms in total. The van der Waals surface area contributed by atoms with Gasteiger partial charge in [0, 0.05) is 17.5 Å². The Bertz CT molecular complexity index is 220. The molecule has 0 saturated carbocycles. The van der Waals surface area contributed by atoms with Gasteiger partial charge in [-0.1, -0.05) is 6.07 Å². The van der Waals surface area contributed by atoms with Crippen LogP contribution >= 0.6 is 23.3 Å². The molecule has 0 radical (unpaired) electrons. The highest BCUT2D eigenvalue weighted by Crippen LogP contribution is 2.38. The highest BCUT2D eigenvalue weighted by Gasteiger charge is 2.15. The van der Waals surface area contributed by atoms with Crippen molar-refractivity contribution >= 4 is 29.5 Å². The summed E-state index contributed by atoms with van der Waals surface area (Å²) in [5.74, 6) is 0. The molecule has 0 amide bonds. The Morgan fingerprint density at radius 2 is 2.60 bits per heavy atom. The van der Waals surface area contributed by atoms with Gasteiger partial charge in [0.05, 0.1) is 5.25 Å². The number of thiophene rings is 1. The Kier molecular flexibility index (Phi) is 1.78. The Hall–Kier alpha value is -0.280. The zero-order valence-electron chi connectivity index (χ0n) is 5.36. The normalized spacial score (nSPS) is 23.8. The first-order valence-corrected chi connectivity index (χ1v) is 4.89. The first-order chi connectivity index (χ1) is 4.97. The van der Waals surface area contributed by atoms with Crippen molar-refractivity contribution in [2.75, 3.05) is 0 Å². The summed E-state index contributed by atoms with van der Waals surface area (Å²) in [6, 6.07) is 4.27. The van der Waals surface area contributed by atoms with E-state index in [0.29, 0.717) is 5.25 Å². The van der Waals surface area contributed by atoms with Crippen LogP contribution in [0.5, 0.6) is 0 Å². The second-order valence-electron chi connectivity index (χ2n) is 2.13. The number of hydrogen-bond donors (Lipinski definition) is 0. The van der Waals surface area contributed by atoms with Gasteiger partial charge in [0.15, 0.2) is 0 Å². The van der Waals surface area contributed by atoms with E-state index in [1.54, 1.807) is 11.9 Å². The van der Waals surface area contributed by atoms with Crippen molar-refractivity contribution in [3.05, 3.63) is 22.4 Å². The topological polar surface area (TPSA) is 12.4 Å². The summed E-state index contributed by atoms with van der Waals surface area (Å²) < 4.78 is 4.12. The quantitative estimate of drug-likeness (QED) is 0.589. The van der Waals surface area contributed by atoms with Crippen molar-refractivity contribution in [2.24, 2.45) is 4.40 Å². The minimum Gasteiger partial charge on any atom is -0.228 e. The monoisotopic (exact) mass is 169 g/mol. The molecule has 3 heteroatoms. The molecular weight excluding hydrogens is 162 g/mol. The van der Waals surface area contributed by atoms with Crippen LogP contribution in [0.3, 0.4) is 0 Å². The fraction of sp³-hybridized carbons (Fsp3) is 0.286. The Morgan fingerprint density at radius 3 is 3.20 bits per heavy atom. The minimum absolute atomic E-state index is 0.611. The second-order valence-corrected chi connectivity index (χ2v) is 4.10. The molecule has 0 spiro atoms. The lowest BCUT2D eigenvalue weighted by Gasteiger charge is -2.00. The first-order valence-electron chi connectivity index (χ1n) is 3.18. The molecule has 0 aromatic carbocycles. The molecule has 0 N–H and O–H groups in total. The first kappa shape index (κ1) is 6.43. The highest BCUT2D eigenvalue weighted by atomic mass is 32.2. The van der Waals surface area contributed by atoms with Gasteiger partial charge in [-0.3, -0.25) is 0 Å². The van der Waals surface area contributed by atoms with Crippen molar-refractivity contribution in [1.29, 1.82) is 0 Å². The lowest BCUT2D eigenvalue weighted by Crippen LogP contribution is -1.83. The smallest absolute Gasteiger partial charge is 0.0659 e. The maximum atomic E-state index is 4.12. The van der Waals surface area contributed by atoms with Crippen LogP contribution in [0.4, 0.5) is 0 Å². The standard InChI is InChI=1S/C7H7NS2/c1-2-6(9-5-1)7-3-4-8-10-7/h1-2,4-5,7H,3H2. The summed E-state index contributed by atoms with van der Waals surface area (Å²) in [6.45, 7) is 0. The van der Waals surface area contributed by atoms with Gasteiger partial charge in [-0.2, -0.15) is 0 Å². The molecule has 0 aliphatic carbocycles. The van der Waals surface area contributed by atoms with Gasteiger partial charge in [-0.15, -0.1) is 11.3 Å². The van der Waals surface area contributed by atoms with Crippen molar-refractivity contribution in [3.63, 3.8) is 0 Å². The molecule has 0 bridgehead atoms. The summed E-state index contributed by atoms with van der Waals surface area (Å²) in [5.41, 5.74) is 0. The Labute approximate surface area is 68.3 Å². The third-order valence-electron chi connectivity index (χ3n) is 1.44. The van der Waals surface area contributed by atoms with Crippen LogP contribution in [0.25, 0.3) is 0 Å². The molecular formula is C7H7NS2. The van der Waals surface area contributed by atoms with E-state index in [9.17, 15) is 0 Å². The summed E-state index contributed by atoms with van der Waals surface area (Å²) in [7, 11) is 0. The maximum Gasteiger partial charge on any atom is 0.0659 e. The van der Waals surface area contributed by atoms with Crippen LogP contribution in [0.15, 0.2) is 21.9 Å². The van der Waals surface area contributed by atoms with Crippen LogP contribution in [0.2, 0.25) is 0 Å². The van der Waals surface area contributed by atoms with Crippen molar-refractivity contribution in [1.82, 2.24) is 0 Å². The van der Waals surface area contributed by atoms with Gasteiger partial charge in [0.25, 0.3) is 0 Å². The van der Waals surface area contributed by atoms with E-state index in [-0.39, 0.29) is 0 Å². The Balaban J connectivity index is 2.14. The number of rotatable bonds is 1. The molecule has 0 fully saturated rings. The van der Waals surface area contributed by atoms with Crippen LogP contribution < -0.4 is 0 Å². The second kappa shape index (κ2) is 2.76. The number of nitrogens with zero attached hydrogens (tertiary/aromatic N) is 1. The zero-order valence-corrected chi connectivity index (χ0v) is 6.99. The molecule has 1 aliphatic heterocycles. The Morgan fingerprint density at radius 1 is 1.60 bits per heavy atom. The predicted octanol–water partition coefficient (Wildman–Crippen LogP) is 2.91. The average molecular weight is 169 g/mol. The van der Waals surface area contributed by atoms with Crippen molar-refractivity contribution in [2.45, 2.75) is 11.7 Å². The molecule has 1 aromatic rings. The largest absolute Gasteiger partial charge is 0.228 e. The van der Waals surface area contributed by atoms with Gasteiger partial charge >= 0.3 is 0 Å².